The van der Waals surface area contributed by atoms with E-state index in [1.165, 1.54) is 9.75 Å². The summed E-state index contributed by atoms with van der Waals surface area (Å²) >= 11 is 1.83. The minimum Gasteiger partial charge on any atom is -0.407 e. The summed E-state index contributed by atoms with van der Waals surface area (Å²) in [6, 6.07) is 5.08. The number of aromatic nitrogens is 2. The lowest BCUT2D eigenvalue weighted by molar-refractivity contribution is 0.477. The van der Waals surface area contributed by atoms with E-state index in [4.69, 9.17) is 4.42 Å². The molecule has 5 nitrogen and oxygen atoms in total. The molecule has 2 aromatic heterocycles. The highest BCUT2D eigenvalue weighted by atomic mass is 32.1. The maximum Gasteiger partial charge on any atom is 0.315 e. The van der Waals surface area contributed by atoms with E-state index in [9.17, 15) is 0 Å². The second kappa shape index (κ2) is 6.68. The van der Waals surface area contributed by atoms with Crippen LogP contribution >= 0.6 is 11.3 Å². The number of anilines is 1. The average Bonchev–Trinajstić information content (AvgIpc) is 2.96. The molecule has 2 aromatic rings. The van der Waals surface area contributed by atoms with Gasteiger partial charge in [0.1, 0.15) is 0 Å². The van der Waals surface area contributed by atoms with Gasteiger partial charge in [0.2, 0.25) is 5.89 Å². The molecule has 2 heterocycles. The first kappa shape index (κ1) is 14.0. The molecule has 0 aliphatic heterocycles. The molecular weight excluding hydrogens is 260 g/mol. The van der Waals surface area contributed by atoms with Gasteiger partial charge < -0.3 is 15.1 Å². The van der Waals surface area contributed by atoms with E-state index >= 15 is 0 Å². The Balaban J connectivity index is 1.84. The van der Waals surface area contributed by atoms with Crippen LogP contribution in [-0.2, 0) is 13.0 Å². The van der Waals surface area contributed by atoms with Crippen LogP contribution in [0.3, 0.4) is 0 Å². The van der Waals surface area contributed by atoms with Crippen LogP contribution in [0, 0.1) is 6.92 Å². The van der Waals surface area contributed by atoms with Crippen LogP contribution < -0.4 is 10.6 Å². The first-order valence-corrected chi connectivity index (χ1v) is 7.34. The van der Waals surface area contributed by atoms with Crippen LogP contribution in [0.2, 0.25) is 0 Å². The summed E-state index contributed by atoms with van der Waals surface area (Å²) in [5, 5.41) is 14.4. The molecule has 1 atom stereocenters. The van der Waals surface area contributed by atoms with Gasteiger partial charge in [0.25, 0.3) is 0 Å². The zero-order chi connectivity index (χ0) is 13.7. The molecule has 104 valence electrons. The van der Waals surface area contributed by atoms with Gasteiger partial charge in [-0.15, -0.1) is 16.4 Å². The van der Waals surface area contributed by atoms with Gasteiger partial charge in [0, 0.05) is 22.2 Å². The molecule has 2 rings (SSSR count). The van der Waals surface area contributed by atoms with Crippen LogP contribution in [0.4, 0.5) is 6.01 Å². The third-order valence-electron chi connectivity index (χ3n) is 2.67. The number of hydrogen-bond acceptors (Lipinski definition) is 6. The van der Waals surface area contributed by atoms with Crippen LogP contribution in [0.1, 0.15) is 29.5 Å². The first-order valence-electron chi connectivity index (χ1n) is 6.52. The lowest BCUT2D eigenvalue weighted by atomic mass is 10.2. The van der Waals surface area contributed by atoms with E-state index in [0.717, 1.165) is 13.0 Å². The van der Waals surface area contributed by atoms with E-state index in [1.807, 2.05) is 18.3 Å². The van der Waals surface area contributed by atoms with Gasteiger partial charge in [-0.05, 0) is 32.5 Å². The molecule has 0 amide bonds. The van der Waals surface area contributed by atoms with Gasteiger partial charge in [0.05, 0.1) is 6.54 Å². The summed E-state index contributed by atoms with van der Waals surface area (Å²) in [4.78, 5) is 2.71. The number of nitrogens with one attached hydrogen (secondary N) is 2. The lowest BCUT2D eigenvalue weighted by Gasteiger charge is -2.09. The highest BCUT2D eigenvalue weighted by molar-refractivity contribution is 7.11. The number of nitrogens with zero attached hydrogens (tertiary/aromatic N) is 2. The molecule has 2 N–H and O–H groups in total. The molecule has 1 unspecified atom stereocenters. The largest absolute Gasteiger partial charge is 0.407 e. The Morgan fingerprint density at radius 3 is 2.89 bits per heavy atom. The van der Waals surface area contributed by atoms with Crippen molar-refractivity contribution in [3.8, 4) is 0 Å². The highest BCUT2D eigenvalue weighted by Gasteiger charge is 2.10. The van der Waals surface area contributed by atoms with Gasteiger partial charge in [-0.1, -0.05) is 12.0 Å². The molecule has 0 fully saturated rings. The molecule has 19 heavy (non-hydrogen) atoms. The Kier molecular flexibility index (Phi) is 4.93. The van der Waals surface area contributed by atoms with Gasteiger partial charge in [-0.2, -0.15) is 0 Å². The van der Waals surface area contributed by atoms with Crippen molar-refractivity contribution in [1.82, 2.24) is 15.5 Å². The van der Waals surface area contributed by atoms with Crippen molar-refractivity contribution in [2.75, 3.05) is 11.9 Å². The van der Waals surface area contributed by atoms with Crippen molar-refractivity contribution in [2.45, 2.75) is 39.8 Å². The summed E-state index contributed by atoms with van der Waals surface area (Å²) in [5.41, 5.74) is 0. The standard InChI is InChI=1S/C13H20N4OS/c1-4-14-8-12-16-17-13(18-12)15-9(2)7-11-6-5-10(3)19-11/h5-6,9,14H,4,7-8H2,1-3H3,(H,15,17). The van der Waals surface area contributed by atoms with Gasteiger partial charge in [-0.25, -0.2) is 0 Å². The molecule has 0 radical (unpaired) electrons. The Morgan fingerprint density at radius 2 is 2.21 bits per heavy atom. The third-order valence-corrected chi connectivity index (χ3v) is 3.69. The van der Waals surface area contributed by atoms with Crippen molar-refractivity contribution < 1.29 is 4.42 Å². The first-order chi connectivity index (χ1) is 9.17. The molecule has 6 heteroatoms. The van der Waals surface area contributed by atoms with Gasteiger partial charge in [0.15, 0.2) is 0 Å². The number of hydrogen-bond donors (Lipinski definition) is 2. The molecule has 0 aliphatic carbocycles. The molecule has 0 aliphatic rings. The molecule has 0 saturated carbocycles. The van der Waals surface area contributed by atoms with Crippen LogP contribution in [0.25, 0.3) is 0 Å². The predicted molar refractivity (Wildman–Crippen MR) is 77.5 cm³/mol. The summed E-state index contributed by atoms with van der Waals surface area (Å²) in [6.45, 7) is 7.78. The molecule has 0 aromatic carbocycles. The van der Waals surface area contributed by atoms with Crippen LogP contribution in [-0.4, -0.2) is 22.8 Å². The van der Waals surface area contributed by atoms with Crippen molar-refractivity contribution in [1.29, 1.82) is 0 Å². The maximum atomic E-state index is 5.51. The minimum atomic E-state index is 0.269. The molecule has 0 spiro atoms. The lowest BCUT2D eigenvalue weighted by Crippen LogP contribution is -2.17. The van der Waals surface area contributed by atoms with Crippen LogP contribution in [0.15, 0.2) is 16.5 Å². The Bertz CT molecular complexity index is 508. The fraction of sp³-hybridized carbons (Fsp3) is 0.538. The summed E-state index contributed by atoms with van der Waals surface area (Å²) < 4.78 is 5.51. The second-order valence-electron chi connectivity index (χ2n) is 4.54. The van der Waals surface area contributed by atoms with Crippen molar-refractivity contribution in [2.24, 2.45) is 0 Å². The summed E-state index contributed by atoms with van der Waals surface area (Å²) in [5.74, 6) is 0.614. The maximum absolute atomic E-state index is 5.51. The zero-order valence-electron chi connectivity index (χ0n) is 11.6. The van der Waals surface area contributed by atoms with E-state index in [0.29, 0.717) is 18.5 Å². The minimum absolute atomic E-state index is 0.269. The van der Waals surface area contributed by atoms with Crippen molar-refractivity contribution >= 4 is 17.4 Å². The zero-order valence-corrected chi connectivity index (χ0v) is 12.4. The van der Waals surface area contributed by atoms with E-state index in [-0.39, 0.29) is 6.04 Å². The summed E-state index contributed by atoms with van der Waals surface area (Å²) in [7, 11) is 0. The number of aryl methyl sites for hydroxylation is 1. The Labute approximate surface area is 117 Å². The number of thiophene rings is 1. The fourth-order valence-corrected chi connectivity index (χ4v) is 2.79. The van der Waals surface area contributed by atoms with E-state index < -0.39 is 0 Å². The molecular formula is C13H20N4OS. The van der Waals surface area contributed by atoms with Gasteiger partial charge in [-0.3, -0.25) is 0 Å². The predicted octanol–water partition coefficient (Wildman–Crippen LogP) is 2.59. The molecule has 0 bridgehead atoms. The Hall–Kier alpha value is -1.40. The van der Waals surface area contributed by atoms with E-state index in [1.54, 1.807) is 0 Å². The highest BCUT2D eigenvalue weighted by Crippen LogP contribution is 2.18. The summed E-state index contributed by atoms with van der Waals surface area (Å²) in [6.07, 6.45) is 0.962. The second-order valence-corrected chi connectivity index (χ2v) is 5.92. The smallest absolute Gasteiger partial charge is 0.315 e. The van der Waals surface area contributed by atoms with Crippen molar-refractivity contribution in [3.63, 3.8) is 0 Å². The normalized spacial score (nSPS) is 12.6. The van der Waals surface area contributed by atoms with E-state index in [2.05, 4.69) is 46.8 Å². The monoisotopic (exact) mass is 280 g/mol. The quantitative estimate of drug-likeness (QED) is 0.816. The van der Waals surface area contributed by atoms with Crippen LogP contribution in [0.5, 0.6) is 0 Å². The van der Waals surface area contributed by atoms with Crippen molar-refractivity contribution in [3.05, 3.63) is 27.8 Å². The third kappa shape index (κ3) is 4.33. The Morgan fingerprint density at radius 1 is 1.37 bits per heavy atom. The SMILES string of the molecule is CCNCc1nnc(NC(C)Cc2ccc(C)s2)o1. The number of rotatable bonds is 7. The fourth-order valence-electron chi connectivity index (χ4n) is 1.77. The molecule has 0 saturated heterocycles. The average molecular weight is 280 g/mol. The topological polar surface area (TPSA) is 63.0 Å². The van der Waals surface area contributed by atoms with Gasteiger partial charge >= 0.3 is 6.01 Å².